The monoisotopic (exact) mass is 243 g/mol. The Hall–Kier alpha value is -1.70. The molecule has 0 radical (unpaired) electrons. The molecule has 1 aromatic rings. The van der Waals surface area contributed by atoms with Crippen molar-refractivity contribution in [2.75, 3.05) is 6.61 Å². The Balaban J connectivity index is 0.000000325. The standard InChI is InChI=1S/C7H10N2O.C3H7NO3/c1-3-9-5-4-8-7(9)6(2)10;4-2(1-5)3(6)7/h3-6,10H,1H2,2H3;2,5H,1,4H2,(H,6,7). The van der Waals surface area contributed by atoms with Crippen molar-refractivity contribution in [1.29, 1.82) is 0 Å². The highest BCUT2D eigenvalue weighted by Gasteiger charge is 2.07. The number of aliphatic carboxylic acids is 1. The maximum atomic E-state index is 9.65. The predicted octanol–water partition coefficient (Wildman–Crippen LogP) is -0.573. The van der Waals surface area contributed by atoms with Crippen molar-refractivity contribution in [3.63, 3.8) is 0 Å². The van der Waals surface area contributed by atoms with Gasteiger partial charge in [0.05, 0.1) is 6.61 Å². The minimum absolute atomic E-state index is 0.505. The van der Waals surface area contributed by atoms with E-state index >= 15 is 0 Å². The van der Waals surface area contributed by atoms with Gasteiger partial charge in [0, 0.05) is 18.6 Å². The highest BCUT2D eigenvalue weighted by molar-refractivity contribution is 5.73. The second-order valence-electron chi connectivity index (χ2n) is 3.18. The molecule has 1 aromatic heterocycles. The Kier molecular flexibility index (Phi) is 6.80. The number of hydrogen-bond acceptors (Lipinski definition) is 5. The van der Waals surface area contributed by atoms with E-state index in [1.54, 1.807) is 30.1 Å². The Morgan fingerprint density at radius 2 is 2.35 bits per heavy atom. The van der Waals surface area contributed by atoms with Gasteiger partial charge in [-0.3, -0.25) is 4.79 Å². The van der Waals surface area contributed by atoms with Crippen LogP contribution in [-0.4, -0.2) is 43.5 Å². The van der Waals surface area contributed by atoms with E-state index in [1.165, 1.54) is 0 Å². The molecular weight excluding hydrogens is 226 g/mol. The second-order valence-corrected chi connectivity index (χ2v) is 3.18. The van der Waals surface area contributed by atoms with Gasteiger partial charge in [-0.1, -0.05) is 6.58 Å². The lowest BCUT2D eigenvalue weighted by molar-refractivity contribution is -0.139. The Labute approximate surface area is 98.8 Å². The summed E-state index contributed by atoms with van der Waals surface area (Å²) >= 11 is 0. The van der Waals surface area contributed by atoms with Gasteiger partial charge in [-0.25, -0.2) is 4.98 Å². The molecule has 2 atom stereocenters. The van der Waals surface area contributed by atoms with Gasteiger partial charge in [0.15, 0.2) is 0 Å². The van der Waals surface area contributed by atoms with Crippen molar-refractivity contribution in [2.45, 2.75) is 19.1 Å². The molecule has 0 fully saturated rings. The molecule has 0 aromatic carbocycles. The van der Waals surface area contributed by atoms with Crippen LogP contribution in [0, 0.1) is 0 Å². The molecule has 0 saturated heterocycles. The third kappa shape index (κ3) is 5.25. The minimum atomic E-state index is -1.18. The molecule has 0 saturated carbocycles. The van der Waals surface area contributed by atoms with Crippen LogP contribution < -0.4 is 5.73 Å². The molecular formula is C10H17N3O4. The number of aromatic nitrogens is 2. The number of hydrogen-bond donors (Lipinski definition) is 4. The van der Waals surface area contributed by atoms with Gasteiger partial charge in [-0.15, -0.1) is 0 Å². The lowest BCUT2D eigenvalue weighted by Crippen LogP contribution is -2.33. The highest BCUT2D eigenvalue weighted by Crippen LogP contribution is 2.08. The fourth-order valence-corrected chi connectivity index (χ4v) is 0.881. The van der Waals surface area contributed by atoms with E-state index in [0.717, 1.165) is 0 Å². The number of rotatable bonds is 4. The van der Waals surface area contributed by atoms with Gasteiger partial charge in [-0.05, 0) is 6.92 Å². The molecule has 0 aliphatic heterocycles. The van der Waals surface area contributed by atoms with E-state index < -0.39 is 24.7 Å². The lowest BCUT2D eigenvalue weighted by atomic mass is 10.3. The largest absolute Gasteiger partial charge is 0.480 e. The van der Waals surface area contributed by atoms with Crippen molar-refractivity contribution in [1.82, 2.24) is 9.55 Å². The van der Waals surface area contributed by atoms with Crippen LogP contribution in [0.5, 0.6) is 0 Å². The number of aliphatic hydroxyl groups excluding tert-OH is 2. The molecule has 0 spiro atoms. The topological polar surface area (TPSA) is 122 Å². The highest BCUT2D eigenvalue weighted by atomic mass is 16.4. The van der Waals surface area contributed by atoms with E-state index in [0.29, 0.717) is 5.82 Å². The average molecular weight is 243 g/mol. The zero-order chi connectivity index (χ0) is 13.4. The molecule has 2 unspecified atom stereocenters. The molecule has 0 bridgehead atoms. The van der Waals surface area contributed by atoms with Gasteiger partial charge in [-0.2, -0.15) is 0 Å². The van der Waals surface area contributed by atoms with E-state index in [-0.39, 0.29) is 0 Å². The SMILES string of the molecule is C=Cn1ccnc1C(C)O.NC(CO)C(=O)O. The summed E-state index contributed by atoms with van der Waals surface area (Å²) in [4.78, 5) is 13.6. The molecule has 1 heterocycles. The van der Waals surface area contributed by atoms with Crippen LogP contribution >= 0.6 is 0 Å². The zero-order valence-electron chi connectivity index (χ0n) is 9.52. The number of imidazole rings is 1. The fraction of sp³-hybridized carbons (Fsp3) is 0.400. The number of carbonyl (C=O) groups is 1. The van der Waals surface area contributed by atoms with Crippen LogP contribution in [0.4, 0.5) is 0 Å². The van der Waals surface area contributed by atoms with Crippen molar-refractivity contribution in [3.05, 3.63) is 24.8 Å². The van der Waals surface area contributed by atoms with Crippen LogP contribution in [0.3, 0.4) is 0 Å². The van der Waals surface area contributed by atoms with Crippen LogP contribution in [0.15, 0.2) is 19.0 Å². The quantitative estimate of drug-likeness (QED) is 0.561. The van der Waals surface area contributed by atoms with E-state index in [2.05, 4.69) is 11.6 Å². The Bertz CT molecular complexity index is 362. The first kappa shape index (κ1) is 15.3. The predicted molar refractivity (Wildman–Crippen MR) is 61.9 cm³/mol. The van der Waals surface area contributed by atoms with Crippen molar-refractivity contribution in [2.24, 2.45) is 5.73 Å². The molecule has 7 heteroatoms. The Morgan fingerprint density at radius 3 is 2.59 bits per heavy atom. The van der Waals surface area contributed by atoms with Gasteiger partial charge in [0.25, 0.3) is 0 Å². The number of carboxylic acid groups (broad SMARTS) is 1. The number of nitrogens with two attached hydrogens (primary N) is 1. The van der Waals surface area contributed by atoms with Crippen LogP contribution in [0.1, 0.15) is 18.9 Å². The molecule has 0 aliphatic rings. The molecule has 17 heavy (non-hydrogen) atoms. The van der Waals surface area contributed by atoms with Gasteiger partial charge in [0.2, 0.25) is 0 Å². The van der Waals surface area contributed by atoms with Crippen LogP contribution in [0.2, 0.25) is 0 Å². The molecule has 96 valence electrons. The molecule has 0 amide bonds. The first-order valence-corrected chi connectivity index (χ1v) is 4.86. The van der Waals surface area contributed by atoms with Crippen LogP contribution in [0.25, 0.3) is 6.20 Å². The van der Waals surface area contributed by atoms with E-state index in [1.807, 2.05) is 0 Å². The third-order valence-corrected chi connectivity index (χ3v) is 1.78. The summed E-state index contributed by atoms with van der Waals surface area (Å²) in [6.07, 6.45) is 4.45. The molecule has 1 rings (SSSR count). The zero-order valence-corrected chi connectivity index (χ0v) is 9.52. The van der Waals surface area contributed by atoms with E-state index in [9.17, 15) is 4.79 Å². The molecule has 0 aliphatic carbocycles. The minimum Gasteiger partial charge on any atom is -0.480 e. The van der Waals surface area contributed by atoms with Crippen molar-refractivity contribution < 1.29 is 20.1 Å². The van der Waals surface area contributed by atoms with Crippen molar-refractivity contribution >= 4 is 12.2 Å². The first-order chi connectivity index (χ1) is 7.93. The normalized spacial score (nSPS) is 13.2. The second kappa shape index (κ2) is 7.55. The van der Waals surface area contributed by atoms with Crippen LogP contribution in [-0.2, 0) is 4.79 Å². The molecule has 5 N–H and O–H groups in total. The lowest BCUT2D eigenvalue weighted by Gasteiger charge is -2.02. The maximum absolute atomic E-state index is 9.65. The van der Waals surface area contributed by atoms with E-state index in [4.69, 9.17) is 21.1 Å². The first-order valence-electron chi connectivity index (χ1n) is 4.86. The number of aliphatic hydroxyl groups is 2. The summed E-state index contributed by atoms with van der Waals surface area (Å²) in [5.41, 5.74) is 4.77. The summed E-state index contributed by atoms with van der Waals surface area (Å²) in [5, 5.41) is 25.0. The van der Waals surface area contributed by atoms with Gasteiger partial charge in [0.1, 0.15) is 18.0 Å². The smallest absolute Gasteiger partial charge is 0.322 e. The Morgan fingerprint density at radius 1 is 1.76 bits per heavy atom. The van der Waals surface area contributed by atoms with Gasteiger partial charge >= 0.3 is 5.97 Å². The summed E-state index contributed by atoms with van der Waals surface area (Å²) < 4.78 is 1.69. The average Bonchev–Trinajstić information content (AvgIpc) is 2.76. The summed E-state index contributed by atoms with van der Waals surface area (Å²) in [6, 6.07) is -1.13. The van der Waals surface area contributed by atoms with Crippen molar-refractivity contribution in [3.8, 4) is 0 Å². The number of carboxylic acids is 1. The molecule has 7 nitrogen and oxygen atoms in total. The summed E-state index contributed by atoms with van der Waals surface area (Å²) in [6.45, 7) is 4.72. The third-order valence-electron chi connectivity index (χ3n) is 1.78. The number of nitrogens with zero attached hydrogens (tertiary/aromatic N) is 2. The summed E-state index contributed by atoms with van der Waals surface area (Å²) in [7, 11) is 0. The fourth-order valence-electron chi connectivity index (χ4n) is 0.881. The van der Waals surface area contributed by atoms with Gasteiger partial charge < -0.3 is 25.6 Å². The summed E-state index contributed by atoms with van der Waals surface area (Å²) in [5.74, 6) is -0.558. The maximum Gasteiger partial charge on any atom is 0.322 e.